The van der Waals surface area contributed by atoms with E-state index in [-0.39, 0.29) is 24.8 Å². The van der Waals surface area contributed by atoms with Crippen molar-refractivity contribution in [3.05, 3.63) is 120 Å². The van der Waals surface area contributed by atoms with Gasteiger partial charge in [-0.2, -0.15) is 0 Å². The van der Waals surface area contributed by atoms with Crippen LogP contribution in [0, 0.1) is 0 Å². The number of aromatic amines is 1. The summed E-state index contributed by atoms with van der Waals surface area (Å²) in [5.41, 5.74) is 4.07. The summed E-state index contributed by atoms with van der Waals surface area (Å²) in [7, 11) is 0. The number of H-pyrrole nitrogens is 1. The zero-order valence-electron chi connectivity index (χ0n) is 20.8. The van der Waals surface area contributed by atoms with E-state index in [1.807, 2.05) is 84.9 Å². The molecule has 0 aliphatic heterocycles. The Morgan fingerprint density at radius 3 is 2.22 bits per heavy atom. The molecule has 37 heavy (non-hydrogen) atoms. The average molecular weight is 497 g/mol. The highest BCUT2D eigenvalue weighted by Crippen LogP contribution is 2.16. The number of hydrogen-bond donors (Lipinski definition) is 2. The van der Waals surface area contributed by atoms with Crippen LogP contribution in [0.5, 0.6) is 5.75 Å². The van der Waals surface area contributed by atoms with Gasteiger partial charge in [0.1, 0.15) is 12.4 Å². The molecule has 0 radical (unpaired) electrons. The summed E-state index contributed by atoms with van der Waals surface area (Å²) in [6, 6.07) is 27.6. The van der Waals surface area contributed by atoms with E-state index in [0.717, 1.165) is 34.6 Å². The fraction of sp³-hybridized carbons (Fsp3) is 0.233. The third kappa shape index (κ3) is 8.65. The Hall–Kier alpha value is -4.39. The van der Waals surface area contributed by atoms with Gasteiger partial charge in [-0.1, -0.05) is 72.8 Å². The molecule has 7 nitrogen and oxygen atoms in total. The van der Waals surface area contributed by atoms with E-state index in [1.165, 1.54) is 0 Å². The van der Waals surface area contributed by atoms with Crippen molar-refractivity contribution >= 4 is 11.8 Å². The number of hydrogen-bond acceptors (Lipinski definition) is 4. The van der Waals surface area contributed by atoms with Crippen LogP contribution in [0.4, 0.5) is 0 Å². The second kappa shape index (κ2) is 13.6. The Morgan fingerprint density at radius 1 is 0.838 bits per heavy atom. The molecule has 0 fully saturated rings. The van der Waals surface area contributed by atoms with Crippen molar-refractivity contribution in [3.8, 4) is 5.75 Å². The number of amides is 2. The summed E-state index contributed by atoms with van der Waals surface area (Å²) in [5, 5.41) is 2.94. The molecule has 4 aromatic rings. The predicted octanol–water partition coefficient (Wildman–Crippen LogP) is 4.31. The lowest BCUT2D eigenvalue weighted by atomic mass is 10.1. The van der Waals surface area contributed by atoms with E-state index in [0.29, 0.717) is 26.1 Å². The van der Waals surface area contributed by atoms with Gasteiger partial charge >= 0.3 is 0 Å². The molecule has 2 amide bonds. The van der Waals surface area contributed by atoms with Crippen molar-refractivity contribution in [2.75, 3.05) is 13.1 Å². The number of ether oxygens (including phenoxy) is 1. The van der Waals surface area contributed by atoms with Gasteiger partial charge in [-0.3, -0.25) is 9.59 Å². The summed E-state index contributed by atoms with van der Waals surface area (Å²) in [6.45, 7) is 1.35. The third-order valence-electron chi connectivity index (χ3n) is 5.97. The van der Waals surface area contributed by atoms with Gasteiger partial charge in [0.25, 0.3) is 0 Å². The number of imidazole rings is 1. The topological polar surface area (TPSA) is 87.3 Å². The normalized spacial score (nSPS) is 10.6. The van der Waals surface area contributed by atoms with Gasteiger partial charge in [0.15, 0.2) is 0 Å². The van der Waals surface area contributed by atoms with E-state index in [1.54, 1.807) is 17.4 Å². The van der Waals surface area contributed by atoms with E-state index in [9.17, 15) is 9.59 Å². The third-order valence-corrected chi connectivity index (χ3v) is 5.97. The summed E-state index contributed by atoms with van der Waals surface area (Å²) in [6.07, 6.45) is 4.88. The first kappa shape index (κ1) is 25.7. The molecule has 0 atom stereocenters. The fourth-order valence-corrected chi connectivity index (χ4v) is 3.93. The van der Waals surface area contributed by atoms with Crippen LogP contribution in [0.3, 0.4) is 0 Å². The van der Waals surface area contributed by atoms with E-state index in [4.69, 9.17) is 4.74 Å². The molecule has 2 N–H and O–H groups in total. The highest BCUT2D eigenvalue weighted by atomic mass is 16.5. The van der Waals surface area contributed by atoms with Crippen molar-refractivity contribution in [3.63, 3.8) is 0 Å². The molecular weight excluding hydrogens is 464 g/mol. The van der Waals surface area contributed by atoms with Crippen LogP contribution in [-0.4, -0.2) is 39.8 Å². The van der Waals surface area contributed by atoms with Gasteiger partial charge in [-0.15, -0.1) is 0 Å². The summed E-state index contributed by atoms with van der Waals surface area (Å²) in [4.78, 5) is 34.4. The number of nitrogens with one attached hydrogen (secondary N) is 2. The molecule has 1 heterocycles. The zero-order chi connectivity index (χ0) is 25.7. The fourth-order valence-electron chi connectivity index (χ4n) is 3.93. The predicted molar refractivity (Wildman–Crippen MR) is 143 cm³/mol. The zero-order valence-corrected chi connectivity index (χ0v) is 20.8. The second-order valence-corrected chi connectivity index (χ2v) is 8.83. The van der Waals surface area contributed by atoms with Crippen molar-refractivity contribution in [2.45, 2.75) is 32.4 Å². The number of benzene rings is 3. The lowest BCUT2D eigenvalue weighted by Gasteiger charge is -2.22. The Labute approximate surface area is 217 Å². The van der Waals surface area contributed by atoms with E-state index in [2.05, 4.69) is 15.3 Å². The molecule has 4 rings (SSSR count). The highest BCUT2D eigenvalue weighted by Gasteiger charge is 2.18. The van der Waals surface area contributed by atoms with Crippen LogP contribution in [0.15, 0.2) is 97.5 Å². The Kier molecular flexibility index (Phi) is 9.47. The van der Waals surface area contributed by atoms with Crippen LogP contribution in [0.25, 0.3) is 0 Å². The van der Waals surface area contributed by atoms with Crippen molar-refractivity contribution in [1.29, 1.82) is 0 Å². The number of aryl methyl sites for hydroxylation is 1. The molecule has 0 saturated carbocycles. The second-order valence-electron chi connectivity index (χ2n) is 8.83. The smallest absolute Gasteiger partial charge is 0.239 e. The maximum atomic E-state index is 13.1. The lowest BCUT2D eigenvalue weighted by Crippen LogP contribution is -2.41. The summed E-state index contributed by atoms with van der Waals surface area (Å²) >= 11 is 0. The van der Waals surface area contributed by atoms with Gasteiger partial charge in [-0.05, 0) is 41.7 Å². The Balaban J connectivity index is 1.33. The minimum absolute atomic E-state index is 0.00284. The first-order valence-corrected chi connectivity index (χ1v) is 12.5. The minimum atomic E-state index is -0.173. The van der Waals surface area contributed by atoms with Crippen LogP contribution < -0.4 is 10.1 Å². The van der Waals surface area contributed by atoms with Gasteiger partial charge in [-0.25, -0.2) is 4.98 Å². The van der Waals surface area contributed by atoms with Gasteiger partial charge in [0.05, 0.1) is 12.9 Å². The first-order chi connectivity index (χ1) is 18.2. The monoisotopic (exact) mass is 496 g/mol. The SMILES string of the molecule is O=C(CN(Cc1ccc(OCc2ccccc2)cc1)C(=O)CCc1cnc[nH]1)NCCc1ccccc1. The Bertz CT molecular complexity index is 1230. The maximum Gasteiger partial charge on any atom is 0.239 e. The molecule has 1 aromatic heterocycles. The number of nitrogens with zero attached hydrogens (tertiary/aromatic N) is 2. The largest absolute Gasteiger partial charge is 0.489 e. The number of rotatable bonds is 13. The molecule has 3 aromatic carbocycles. The summed E-state index contributed by atoms with van der Waals surface area (Å²) in [5.74, 6) is 0.495. The highest BCUT2D eigenvalue weighted by molar-refractivity contribution is 5.84. The quantitative estimate of drug-likeness (QED) is 0.289. The van der Waals surface area contributed by atoms with Gasteiger partial charge in [0, 0.05) is 31.4 Å². The molecule has 7 heteroatoms. The molecule has 0 spiro atoms. The minimum Gasteiger partial charge on any atom is -0.489 e. The molecule has 190 valence electrons. The standard InChI is InChI=1S/C30H32N4O3/c35-29(32-18-17-24-7-3-1-4-8-24)21-34(30(36)16-13-27-19-31-23-33-27)20-25-11-14-28(15-12-25)37-22-26-9-5-2-6-10-26/h1-12,14-15,19,23H,13,16-18,20-22H2,(H,31,33)(H,32,35). The molecule has 0 aliphatic carbocycles. The molecule has 0 aliphatic rings. The van der Waals surface area contributed by atoms with Gasteiger partial charge in [0.2, 0.25) is 11.8 Å². The summed E-state index contributed by atoms with van der Waals surface area (Å²) < 4.78 is 5.87. The Morgan fingerprint density at radius 2 is 1.54 bits per heavy atom. The number of carbonyl (C=O) groups is 2. The van der Waals surface area contributed by atoms with Gasteiger partial charge < -0.3 is 19.9 Å². The molecule has 0 saturated heterocycles. The molecular formula is C30H32N4O3. The van der Waals surface area contributed by atoms with Crippen LogP contribution in [0.2, 0.25) is 0 Å². The van der Waals surface area contributed by atoms with Crippen molar-refractivity contribution in [1.82, 2.24) is 20.2 Å². The number of carbonyl (C=O) groups excluding carboxylic acids is 2. The number of aromatic nitrogens is 2. The molecule has 0 unspecified atom stereocenters. The van der Waals surface area contributed by atoms with E-state index >= 15 is 0 Å². The molecule has 0 bridgehead atoms. The van der Waals surface area contributed by atoms with E-state index < -0.39 is 0 Å². The lowest BCUT2D eigenvalue weighted by molar-refractivity contribution is -0.136. The first-order valence-electron chi connectivity index (χ1n) is 12.5. The van der Waals surface area contributed by atoms with Crippen molar-refractivity contribution in [2.24, 2.45) is 0 Å². The average Bonchev–Trinajstić information content (AvgIpc) is 3.46. The van der Waals surface area contributed by atoms with Crippen LogP contribution >= 0.6 is 0 Å². The van der Waals surface area contributed by atoms with Crippen LogP contribution in [-0.2, 0) is 35.6 Å². The van der Waals surface area contributed by atoms with Crippen molar-refractivity contribution < 1.29 is 14.3 Å². The maximum absolute atomic E-state index is 13.1. The van der Waals surface area contributed by atoms with Crippen LogP contribution in [0.1, 0.15) is 28.8 Å².